The maximum absolute atomic E-state index is 12.6. The highest BCUT2D eigenvalue weighted by molar-refractivity contribution is 7.99. The number of thiophene rings is 1. The van der Waals surface area contributed by atoms with Crippen molar-refractivity contribution in [2.75, 3.05) is 17.6 Å². The van der Waals surface area contributed by atoms with Crippen LogP contribution in [0.1, 0.15) is 22.7 Å². The predicted octanol–water partition coefficient (Wildman–Crippen LogP) is 4.59. The minimum Gasteiger partial charge on any atom is -0.308 e. The Labute approximate surface area is 133 Å². The van der Waals surface area contributed by atoms with Crippen molar-refractivity contribution in [3.63, 3.8) is 0 Å². The molecule has 1 fully saturated rings. The van der Waals surface area contributed by atoms with Gasteiger partial charge in [-0.1, -0.05) is 31.2 Å². The van der Waals surface area contributed by atoms with Gasteiger partial charge in [-0.15, -0.1) is 23.1 Å². The van der Waals surface area contributed by atoms with E-state index in [1.165, 1.54) is 10.4 Å². The van der Waals surface area contributed by atoms with Crippen LogP contribution >= 0.6 is 23.1 Å². The second-order valence-corrected chi connectivity index (χ2v) is 7.04. The Kier molecular flexibility index (Phi) is 4.51. The summed E-state index contributed by atoms with van der Waals surface area (Å²) in [5.41, 5.74) is 2.09. The van der Waals surface area contributed by atoms with E-state index in [0.717, 1.165) is 24.4 Å². The number of benzene rings is 1. The fraction of sp³-hybridized carbons (Fsp3) is 0.312. The molecular formula is C16H18N2OS2. The number of urea groups is 1. The number of rotatable bonds is 3. The number of hydrogen-bond donors (Lipinski definition) is 1. The van der Waals surface area contributed by atoms with Gasteiger partial charge < -0.3 is 10.2 Å². The minimum atomic E-state index is -0.000648. The highest BCUT2D eigenvalue weighted by atomic mass is 32.2. The van der Waals surface area contributed by atoms with E-state index in [4.69, 9.17) is 0 Å². The minimum absolute atomic E-state index is 0.000648. The number of anilines is 1. The Balaban J connectivity index is 1.75. The maximum atomic E-state index is 12.6. The Hall–Kier alpha value is -1.46. The fourth-order valence-corrected chi connectivity index (χ4v) is 4.72. The third-order valence-corrected chi connectivity index (χ3v) is 5.89. The summed E-state index contributed by atoms with van der Waals surface area (Å²) in [4.78, 5) is 15.8. The number of thioether (sulfide) groups is 1. The molecule has 0 saturated carbocycles. The summed E-state index contributed by atoms with van der Waals surface area (Å²) in [6, 6.07) is 12.2. The van der Waals surface area contributed by atoms with Crippen LogP contribution < -0.4 is 5.32 Å². The summed E-state index contributed by atoms with van der Waals surface area (Å²) in [6.07, 6.45) is 0.916. The monoisotopic (exact) mass is 318 g/mol. The molecule has 1 aromatic heterocycles. The van der Waals surface area contributed by atoms with Crippen LogP contribution in [-0.4, -0.2) is 23.2 Å². The van der Waals surface area contributed by atoms with Crippen LogP contribution in [0.5, 0.6) is 0 Å². The summed E-state index contributed by atoms with van der Waals surface area (Å²) in [5.74, 6) is 0.991. The van der Waals surface area contributed by atoms with Crippen molar-refractivity contribution in [2.45, 2.75) is 18.7 Å². The van der Waals surface area contributed by atoms with E-state index in [1.807, 2.05) is 40.9 Å². The van der Waals surface area contributed by atoms with Gasteiger partial charge in [-0.05, 0) is 29.5 Å². The lowest BCUT2D eigenvalue weighted by molar-refractivity contribution is 0.215. The first-order valence-corrected chi connectivity index (χ1v) is 9.03. The molecule has 1 N–H and O–H groups in total. The van der Waals surface area contributed by atoms with Crippen molar-refractivity contribution >= 4 is 34.8 Å². The van der Waals surface area contributed by atoms with Crippen molar-refractivity contribution in [1.82, 2.24) is 4.90 Å². The molecule has 1 saturated heterocycles. The van der Waals surface area contributed by atoms with Gasteiger partial charge in [0.15, 0.2) is 0 Å². The topological polar surface area (TPSA) is 32.3 Å². The second-order valence-electron chi connectivity index (χ2n) is 4.87. The highest BCUT2D eigenvalue weighted by Gasteiger charge is 2.31. The lowest BCUT2D eigenvalue weighted by atomic mass is 10.1. The highest BCUT2D eigenvalue weighted by Crippen LogP contribution is 2.40. The first kappa shape index (κ1) is 14.5. The Morgan fingerprint density at radius 1 is 1.33 bits per heavy atom. The van der Waals surface area contributed by atoms with Crippen LogP contribution in [0, 0.1) is 0 Å². The lowest BCUT2D eigenvalue weighted by Gasteiger charge is -2.23. The molecule has 0 spiro atoms. The number of nitrogens with one attached hydrogen (secondary N) is 1. The number of amides is 2. The zero-order valence-corrected chi connectivity index (χ0v) is 13.5. The van der Waals surface area contributed by atoms with Gasteiger partial charge in [0.2, 0.25) is 0 Å². The summed E-state index contributed by atoms with van der Waals surface area (Å²) in [7, 11) is 0. The summed E-state index contributed by atoms with van der Waals surface area (Å²) in [5, 5.41) is 5.29. The number of carbonyl (C=O) groups is 1. The van der Waals surface area contributed by atoms with Crippen LogP contribution in [-0.2, 0) is 6.42 Å². The molecule has 1 aromatic carbocycles. The molecule has 0 radical (unpaired) electrons. The molecule has 3 rings (SSSR count). The van der Waals surface area contributed by atoms with E-state index in [-0.39, 0.29) is 11.4 Å². The third-order valence-electron chi connectivity index (χ3n) is 3.58. The van der Waals surface area contributed by atoms with Gasteiger partial charge in [0, 0.05) is 22.9 Å². The standard InChI is InChI=1S/C16H18N2OS2/c1-2-12-6-3-4-7-13(12)17-16(19)18-9-11-21-15(18)14-8-5-10-20-14/h3-8,10,15H,2,9,11H2,1H3,(H,17,19). The van der Waals surface area contributed by atoms with Gasteiger partial charge >= 0.3 is 6.03 Å². The van der Waals surface area contributed by atoms with Crippen LogP contribution in [0.25, 0.3) is 0 Å². The fourth-order valence-electron chi connectivity index (χ4n) is 2.48. The molecule has 2 amide bonds. The Morgan fingerprint density at radius 2 is 2.19 bits per heavy atom. The predicted molar refractivity (Wildman–Crippen MR) is 91.1 cm³/mol. The molecule has 1 aliphatic rings. The summed E-state index contributed by atoms with van der Waals surface area (Å²) in [6.45, 7) is 2.90. The lowest BCUT2D eigenvalue weighted by Crippen LogP contribution is -2.34. The second kappa shape index (κ2) is 6.54. The summed E-state index contributed by atoms with van der Waals surface area (Å²) >= 11 is 3.55. The Morgan fingerprint density at radius 3 is 2.95 bits per heavy atom. The average molecular weight is 318 g/mol. The molecule has 0 bridgehead atoms. The average Bonchev–Trinajstić information content (AvgIpc) is 3.18. The van der Waals surface area contributed by atoms with Gasteiger partial charge in [0.05, 0.1) is 0 Å². The zero-order chi connectivity index (χ0) is 14.7. The molecule has 21 heavy (non-hydrogen) atoms. The van der Waals surface area contributed by atoms with Gasteiger partial charge in [-0.2, -0.15) is 0 Å². The number of para-hydroxylation sites is 1. The smallest absolute Gasteiger partial charge is 0.308 e. The normalized spacial score (nSPS) is 18.0. The van der Waals surface area contributed by atoms with Crippen LogP contribution in [0.15, 0.2) is 41.8 Å². The summed E-state index contributed by atoms with van der Waals surface area (Å²) < 4.78 is 0. The molecule has 110 valence electrons. The molecule has 1 aliphatic heterocycles. The molecule has 1 atom stereocenters. The SMILES string of the molecule is CCc1ccccc1NC(=O)N1CCSC1c1cccs1. The maximum Gasteiger partial charge on any atom is 0.323 e. The van der Waals surface area contributed by atoms with E-state index >= 15 is 0 Å². The van der Waals surface area contributed by atoms with Crippen molar-refractivity contribution in [1.29, 1.82) is 0 Å². The largest absolute Gasteiger partial charge is 0.323 e. The number of hydrogen-bond acceptors (Lipinski definition) is 3. The van der Waals surface area contributed by atoms with Crippen LogP contribution in [0.3, 0.4) is 0 Å². The van der Waals surface area contributed by atoms with Gasteiger partial charge in [-0.25, -0.2) is 4.79 Å². The first-order chi connectivity index (χ1) is 10.3. The molecular weight excluding hydrogens is 300 g/mol. The van der Waals surface area contributed by atoms with Crippen molar-refractivity contribution in [3.8, 4) is 0 Å². The van der Waals surface area contributed by atoms with E-state index in [0.29, 0.717) is 0 Å². The van der Waals surface area contributed by atoms with E-state index < -0.39 is 0 Å². The molecule has 3 nitrogen and oxygen atoms in total. The van der Waals surface area contributed by atoms with E-state index in [2.05, 4.69) is 29.8 Å². The molecule has 0 aliphatic carbocycles. The van der Waals surface area contributed by atoms with Crippen LogP contribution in [0.4, 0.5) is 10.5 Å². The van der Waals surface area contributed by atoms with Crippen LogP contribution in [0.2, 0.25) is 0 Å². The van der Waals surface area contributed by atoms with E-state index in [1.54, 1.807) is 11.3 Å². The van der Waals surface area contributed by atoms with Crippen molar-refractivity contribution in [2.24, 2.45) is 0 Å². The van der Waals surface area contributed by atoms with E-state index in [9.17, 15) is 4.79 Å². The zero-order valence-electron chi connectivity index (χ0n) is 11.9. The molecule has 2 aromatic rings. The number of nitrogens with zero attached hydrogens (tertiary/aromatic N) is 1. The van der Waals surface area contributed by atoms with Gasteiger partial charge in [0.25, 0.3) is 0 Å². The third kappa shape index (κ3) is 3.09. The quantitative estimate of drug-likeness (QED) is 0.897. The molecule has 1 unspecified atom stereocenters. The molecule has 2 heterocycles. The first-order valence-electron chi connectivity index (χ1n) is 7.10. The number of aryl methyl sites for hydroxylation is 1. The molecule has 5 heteroatoms. The Bertz CT molecular complexity index is 612. The van der Waals surface area contributed by atoms with Gasteiger partial charge in [-0.3, -0.25) is 0 Å². The van der Waals surface area contributed by atoms with Crippen molar-refractivity contribution in [3.05, 3.63) is 52.2 Å². The van der Waals surface area contributed by atoms with Gasteiger partial charge in [0.1, 0.15) is 5.37 Å². The number of carbonyl (C=O) groups excluding carboxylic acids is 1. The van der Waals surface area contributed by atoms with Crippen molar-refractivity contribution < 1.29 is 4.79 Å².